The SMILES string of the molecule is COc1cccc(C(=O)c2csc(CCN)n2)c1F. The van der Waals surface area contributed by atoms with Crippen molar-refractivity contribution in [2.45, 2.75) is 6.42 Å². The maximum Gasteiger partial charge on any atom is 0.215 e. The standard InChI is InChI=1S/C13H13FN2O2S/c1-18-10-4-2-3-8(12(10)14)13(17)9-7-19-11(16-9)5-6-15/h2-4,7H,5-6,15H2,1H3. The van der Waals surface area contributed by atoms with Crippen molar-refractivity contribution in [3.05, 3.63) is 45.7 Å². The zero-order chi connectivity index (χ0) is 13.8. The molecular formula is C13H13FN2O2S. The summed E-state index contributed by atoms with van der Waals surface area (Å²) < 4.78 is 18.8. The lowest BCUT2D eigenvalue weighted by Crippen LogP contribution is -2.07. The number of halogens is 1. The normalized spacial score (nSPS) is 10.5. The summed E-state index contributed by atoms with van der Waals surface area (Å²) in [5.41, 5.74) is 5.62. The molecule has 19 heavy (non-hydrogen) atoms. The van der Waals surface area contributed by atoms with Crippen LogP contribution >= 0.6 is 11.3 Å². The van der Waals surface area contributed by atoms with Crippen LogP contribution in [0.15, 0.2) is 23.6 Å². The molecule has 1 aromatic carbocycles. The predicted molar refractivity (Wildman–Crippen MR) is 71.3 cm³/mol. The van der Waals surface area contributed by atoms with Gasteiger partial charge in [-0.25, -0.2) is 9.37 Å². The fourth-order valence-electron chi connectivity index (χ4n) is 1.64. The van der Waals surface area contributed by atoms with Crippen LogP contribution in [0.5, 0.6) is 5.75 Å². The number of nitrogens with zero attached hydrogens (tertiary/aromatic N) is 1. The molecule has 1 heterocycles. The monoisotopic (exact) mass is 280 g/mol. The molecule has 6 heteroatoms. The van der Waals surface area contributed by atoms with Crippen LogP contribution < -0.4 is 10.5 Å². The van der Waals surface area contributed by atoms with Crippen LogP contribution in [-0.2, 0) is 6.42 Å². The Labute approximate surface area is 114 Å². The largest absolute Gasteiger partial charge is 0.494 e. The minimum Gasteiger partial charge on any atom is -0.494 e. The highest BCUT2D eigenvalue weighted by Crippen LogP contribution is 2.23. The van der Waals surface area contributed by atoms with Crippen LogP contribution in [0.4, 0.5) is 4.39 Å². The van der Waals surface area contributed by atoms with Gasteiger partial charge in [-0.15, -0.1) is 11.3 Å². The van der Waals surface area contributed by atoms with Crippen LogP contribution in [0, 0.1) is 5.82 Å². The van der Waals surface area contributed by atoms with Crippen molar-refractivity contribution in [3.63, 3.8) is 0 Å². The average Bonchev–Trinajstić information content (AvgIpc) is 2.87. The van der Waals surface area contributed by atoms with Gasteiger partial charge in [0.25, 0.3) is 0 Å². The van der Waals surface area contributed by atoms with Gasteiger partial charge >= 0.3 is 0 Å². The van der Waals surface area contributed by atoms with Crippen molar-refractivity contribution >= 4 is 17.1 Å². The van der Waals surface area contributed by atoms with Gasteiger partial charge in [0.05, 0.1) is 17.7 Å². The molecule has 0 aliphatic carbocycles. The number of carbonyl (C=O) groups excluding carboxylic acids is 1. The molecule has 0 fully saturated rings. The second-order valence-electron chi connectivity index (χ2n) is 3.82. The third kappa shape index (κ3) is 2.80. The van der Waals surface area contributed by atoms with E-state index in [9.17, 15) is 9.18 Å². The molecule has 1 aromatic heterocycles. The summed E-state index contributed by atoms with van der Waals surface area (Å²) >= 11 is 1.35. The average molecular weight is 280 g/mol. The maximum atomic E-state index is 14.0. The first-order valence-electron chi connectivity index (χ1n) is 5.69. The zero-order valence-corrected chi connectivity index (χ0v) is 11.2. The van der Waals surface area contributed by atoms with Crippen LogP contribution in [0.2, 0.25) is 0 Å². The number of hydrogen-bond donors (Lipinski definition) is 1. The fraction of sp³-hybridized carbons (Fsp3) is 0.231. The Kier molecular flexibility index (Phi) is 4.24. The molecule has 2 rings (SSSR count). The van der Waals surface area contributed by atoms with E-state index < -0.39 is 11.6 Å². The molecule has 0 aliphatic heterocycles. The molecule has 0 unspecified atom stereocenters. The molecule has 0 radical (unpaired) electrons. The maximum absolute atomic E-state index is 14.0. The minimum atomic E-state index is -0.664. The lowest BCUT2D eigenvalue weighted by atomic mass is 10.1. The third-order valence-electron chi connectivity index (χ3n) is 2.57. The quantitative estimate of drug-likeness (QED) is 0.851. The highest BCUT2D eigenvalue weighted by atomic mass is 32.1. The van der Waals surface area contributed by atoms with Gasteiger partial charge in [-0.05, 0) is 18.7 Å². The Hall–Kier alpha value is -1.79. The van der Waals surface area contributed by atoms with Gasteiger partial charge in [-0.3, -0.25) is 4.79 Å². The van der Waals surface area contributed by atoms with E-state index in [1.807, 2.05) is 0 Å². The van der Waals surface area contributed by atoms with Crippen molar-refractivity contribution in [1.29, 1.82) is 0 Å². The van der Waals surface area contributed by atoms with E-state index in [2.05, 4.69) is 4.98 Å². The number of hydrogen-bond acceptors (Lipinski definition) is 5. The molecule has 0 saturated carbocycles. The summed E-state index contributed by atoms with van der Waals surface area (Å²) in [5, 5.41) is 2.39. The molecule has 0 bridgehead atoms. The smallest absolute Gasteiger partial charge is 0.215 e. The third-order valence-corrected chi connectivity index (χ3v) is 3.48. The Balaban J connectivity index is 2.33. The molecule has 0 spiro atoms. The van der Waals surface area contributed by atoms with Gasteiger partial charge in [0.15, 0.2) is 11.6 Å². The number of nitrogens with two attached hydrogens (primary N) is 1. The number of thiazole rings is 1. The lowest BCUT2D eigenvalue weighted by Gasteiger charge is -2.05. The fourth-order valence-corrected chi connectivity index (χ4v) is 2.43. The number of benzene rings is 1. The summed E-state index contributed by atoms with van der Waals surface area (Å²) in [7, 11) is 1.36. The first kappa shape index (κ1) is 13.6. The van der Waals surface area contributed by atoms with E-state index in [0.717, 1.165) is 5.01 Å². The van der Waals surface area contributed by atoms with Crippen LogP contribution in [0.3, 0.4) is 0 Å². The number of carbonyl (C=O) groups is 1. The van der Waals surface area contributed by atoms with E-state index in [1.165, 1.54) is 30.6 Å². The van der Waals surface area contributed by atoms with E-state index in [-0.39, 0.29) is 17.0 Å². The van der Waals surface area contributed by atoms with Crippen molar-refractivity contribution in [3.8, 4) is 5.75 Å². The molecular weight excluding hydrogens is 267 g/mol. The molecule has 2 N–H and O–H groups in total. The Morgan fingerprint density at radius 1 is 1.53 bits per heavy atom. The minimum absolute atomic E-state index is 0.0380. The lowest BCUT2D eigenvalue weighted by molar-refractivity contribution is 0.103. The van der Waals surface area contributed by atoms with Gasteiger partial charge in [0.2, 0.25) is 5.78 Å². The summed E-state index contributed by atoms with van der Waals surface area (Å²) in [4.78, 5) is 16.3. The number of methoxy groups -OCH3 is 1. The van der Waals surface area contributed by atoms with E-state index in [4.69, 9.17) is 10.5 Å². The molecule has 0 atom stereocenters. The second kappa shape index (κ2) is 5.90. The van der Waals surface area contributed by atoms with E-state index in [1.54, 1.807) is 11.4 Å². The highest BCUT2D eigenvalue weighted by Gasteiger charge is 2.19. The number of ketones is 1. The van der Waals surface area contributed by atoms with Crippen LogP contribution in [-0.4, -0.2) is 24.4 Å². The first-order valence-corrected chi connectivity index (χ1v) is 6.57. The van der Waals surface area contributed by atoms with Crippen molar-refractivity contribution < 1.29 is 13.9 Å². The predicted octanol–water partition coefficient (Wildman–Crippen LogP) is 2.02. The van der Waals surface area contributed by atoms with Crippen LogP contribution in [0.25, 0.3) is 0 Å². The van der Waals surface area contributed by atoms with E-state index >= 15 is 0 Å². The van der Waals surface area contributed by atoms with Crippen LogP contribution in [0.1, 0.15) is 21.1 Å². The number of ether oxygens (including phenoxy) is 1. The van der Waals surface area contributed by atoms with Gasteiger partial charge < -0.3 is 10.5 Å². The summed E-state index contributed by atoms with van der Waals surface area (Å²) in [6, 6.07) is 4.46. The van der Waals surface area contributed by atoms with Gasteiger partial charge in [0, 0.05) is 11.8 Å². The Morgan fingerprint density at radius 2 is 2.32 bits per heavy atom. The second-order valence-corrected chi connectivity index (χ2v) is 4.76. The number of aromatic nitrogens is 1. The van der Waals surface area contributed by atoms with Crippen molar-refractivity contribution in [1.82, 2.24) is 4.98 Å². The van der Waals surface area contributed by atoms with Crippen molar-refractivity contribution in [2.24, 2.45) is 5.73 Å². The molecule has 0 amide bonds. The summed E-state index contributed by atoms with van der Waals surface area (Å²) in [6.07, 6.45) is 0.610. The zero-order valence-electron chi connectivity index (χ0n) is 10.4. The topological polar surface area (TPSA) is 65.2 Å². The molecule has 4 nitrogen and oxygen atoms in total. The molecule has 2 aromatic rings. The Bertz CT molecular complexity index is 598. The molecule has 0 aliphatic rings. The van der Waals surface area contributed by atoms with Gasteiger partial charge in [0.1, 0.15) is 5.69 Å². The van der Waals surface area contributed by atoms with Gasteiger partial charge in [-0.1, -0.05) is 6.07 Å². The molecule has 100 valence electrons. The Morgan fingerprint density at radius 3 is 3.00 bits per heavy atom. The van der Waals surface area contributed by atoms with E-state index in [0.29, 0.717) is 13.0 Å². The van der Waals surface area contributed by atoms with Crippen molar-refractivity contribution in [2.75, 3.05) is 13.7 Å². The summed E-state index contributed by atoms with van der Waals surface area (Å²) in [5.74, 6) is -1.07. The highest BCUT2D eigenvalue weighted by molar-refractivity contribution is 7.09. The van der Waals surface area contributed by atoms with Gasteiger partial charge in [-0.2, -0.15) is 0 Å². The first-order chi connectivity index (χ1) is 9.17. The number of rotatable bonds is 5. The molecule has 0 saturated heterocycles. The summed E-state index contributed by atoms with van der Waals surface area (Å²) in [6.45, 7) is 0.467.